The zero-order valence-electron chi connectivity index (χ0n) is 10.3. The Labute approximate surface area is 110 Å². The van der Waals surface area contributed by atoms with Crippen LogP contribution in [-0.4, -0.2) is 13.7 Å². The fourth-order valence-corrected chi connectivity index (χ4v) is 2.04. The molecule has 0 fully saturated rings. The standard InChI is InChI=1S/C13H15ClFNO2/c1-3-16-6-11-9(7-17-2)8-4-5-10(14)12(15)13(8)18-11/h4-5,16H,3,6-7H2,1-2H3. The van der Waals surface area contributed by atoms with E-state index in [-0.39, 0.29) is 10.6 Å². The molecular formula is C13H15ClFNO2. The smallest absolute Gasteiger partial charge is 0.184 e. The predicted octanol–water partition coefficient (Wildman–Crippen LogP) is 3.48. The molecule has 0 unspecified atom stereocenters. The largest absolute Gasteiger partial charge is 0.456 e. The lowest BCUT2D eigenvalue weighted by molar-refractivity contribution is 0.183. The number of hydrogen-bond donors (Lipinski definition) is 1. The van der Waals surface area contributed by atoms with Gasteiger partial charge in [-0.2, -0.15) is 0 Å². The third kappa shape index (κ3) is 2.36. The molecule has 0 radical (unpaired) electrons. The number of nitrogens with one attached hydrogen (secondary N) is 1. The summed E-state index contributed by atoms with van der Waals surface area (Å²) in [6.07, 6.45) is 0. The Balaban J connectivity index is 2.55. The van der Waals surface area contributed by atoms with Crippen LogP contribution in [0.15, 0.2) is 16.5 Å². The molecular weight excluding hydrogens is 257 g/mol. The molecule has 1 aromatic heterocycles. The Bertz CT molecular complexity index is 553. The molecule has 1 aromatic carbocycles. The highest BCUT2D eigenvalue weighted by atomic mass is 35.5. The summed E-state index contributed by atoms with van der Waals surface area (Å²) in [6, 6.07) is 3.29. The van der Waals surface area contributed by atoms with E-state index in [4.69, 9.17) is 20.8 Å². The van der Waals surface area contributed by atoms with Gasteiger partial charge in [-0.05, 0) is 18.7 Å². The summed E-state index contributed by atoms with van der Waals surface area (Å²) in [5.41, 5.74) is 1.06. The van der Waals surface area contributed by atoms with Gasteiger partial charge in [0.25, 0.3) is 0 Å². The van der Waals surface area contributed by atoms with E-state index in [1.165, 1.54) is 6.07 Å². The van der Waals surface area contributed by atoms with Crippen molar-refractivity contribution in [3.05, 3.63) is 34.3 Å². The SMILES string of the molecule is CCNCc1oc2c(F)c(Cl)ccc2c1COC. The minimum absolute atomic E-state index is 0.0650. The highest BCUT2D eigenvalue weighted by Gasteiger charge is 2.18. The highest BCUT2D eigenvalue weighted by molar-refractivity contribution is 6.31. The molecule has 0 saturated heterocycles. The Morgan fingerprint density at radius 2 is 2.22 bits per heavy atom. The lowest BCUT2D eigenvalue weighted by atomic mass is 10.1. The van der Waals surface area contributed by atoms with Gasteiger partial charge in [0.1, 0.15) is 5.76 Å². The molecule has 0 aliphatic rings. The summed E-state index contributed by atoms with van der Waals surface area (Å²) in [4.78, 5) is 0. The fraction of sp³-hybridized carbons (Fsp3) is 0.385. The van der Waals surface area contributed by atoms with E-state index < -0.39 is 5.82 Å². The van der Waals surface area contributed by atoms with Gasteiger partial charge in [-0.3, -0.25) is 0 Å². The predicted molar refractivity (Wildman–Crippen MR) is 69.3 cm³/mol. The summed E-state index contributed by atoms with van der Waals surface area (Å²) in [5, 5.41) is 3.93. The first kappa shape index (κ1) is 13.3. The number of halogens is 2. The first-order chi connectivity index (χ1) is 8.69. The molecule has 3 nitrogen and oxygen atoms in total. The number of rotatable bonds is 5. The van der Waals surface area contributed by atoms with E-state index in [1.54, 1.807) is 13.2 Å². The number of methoxy groups -OCH3 is 1. The third-order valence-corrected chi connectivity index (χ3v) is 3.05. The van der Waals surface area contributed by atoms with Crippen molar-refractivity contribution in [3.8, 4) is 0 Å². The van der Waals surface area contributed by atoms with E-state index in [0.29, 0.717) is 24.3 Å². The topological polar surface area (TPSA) is 34.4 Å². The van der Waals surface area contributed by atoms with Crippen LogP contribution in [0.25, 0.3) is 11.0 Å². The quantitative estimate of drug-likeness (QED) is 0.904. The molecule has 1 heterocycles. The molecule has 0 bridgehead atoms. The van der Waals surface area contributed by atoms with Crippen molar-refractivity contribution in [2.75, 3.05) is 13.7 Å². The molecule has 5 heteroatoms. The monoisotopic (exact) mass is 271 g/mol. The molecule has 0 amide bonds. The van der Waals surface area contributed by atoms with Gasteiger partial charge in [0.2, 0.25) is 0 Å². The summed E-state index contributed by atoms with van der Waals surface area (Å²) in [6.45, 7) is 3.73. The lowest BCUT2D eigenvalue weighted by Crippen LogP contribution is -2.12. The van der Waals surface area contributed by atoms with Crippen LogP contribution < -0.4 is 5.32 Å². The second-order valence-electron chi connectivity index (χ2n) is 3.96. The van der Waals surface area contributed by atoms with Crippen molar-refractivity contribution in [1.82, 2.24) is 5.32 Å². The van der Waals surface area contributed by atoms with Crippen LogP contribution in [-0.2, 0) is 17.9 Å². The molecule has 18 heavy (non-hydrogen) atoms. The number of furan rings is 1. The molecule has 0 spiro atoms. The van der Waals surface area contributed by atoms with Crippen molar-refractivity contribution in [1.29, 1.82) is 0 Å². The molecule has 0 saturated carbocycles. The molecule has 98 valence electrons. The van der Waals surface area contributed by atoms with Crippen LogP contribution in [0.3, 0.4) is 0 Å². The minimum atomic E-state index is -0.519. The van der Waals surface area contributed by atoms with Gasteiger partial charge >= 0.3 is 0 Å². The molecule has 1 N–H and O–H groups in total. The highest BCUT2D eigenvalue weighted by Crippen LogP contribution is 2.31. The van der Waals surface area contributed by atoms with Gasteiger partial charge in [-0.15, -0.1) is 0 Å². The minimum Gasteiger partial charge on any atom is -0.456 e. The van der Waals surface area contributed by atoms with Gasteiger partial charge in [0, 0.05) is 18.1 Å². The van der Waals surface area contributed by atoms with E-state index in [2.05, 4.69) is 5.32 Å². The van der Waals surface area contributed by atoms with Crippen LogP contribution in [0, 0.1) is 5.82 Å². The Morgan fingerprint density at radius 3 is 2.89 bits per heavy atom. The zero-order chi connectivity index (χ0) is 13.1. The first-order valence-corrected chi connectivity index (χ1v) is 6.14. The molecule has 0 aliphatic carbocycles. The number of ether oxygens (including phenoxy) is 1. The van der Waals surface area contributed by atoms with Gasteiger partial charge in [0.05, 0.1) is 18.2 Å². The van der Waals surface area contributed by atoms with Crippen LogP contribution in [0.2, 0.25) is 5.02 Å². The first-order valence-electron chi connectivity index (χ1n) is 5.77. The molecule has 2 aromatic rings. The van der Waals surface area contributed by atoms with Crippen molar-refractivity contribution >= 4 is 22.6 Å². The van der Waals surface area contributed by atoms with Crippen molar-refractivity contribution in [3.63, 3.8) is 0 Å². The average Bonchev–Trinajstić information content (AvgIpc) is 2.71. The number of benzene rings is 1. The van der Waals surface area contributed by atoms with Crippen molar-refractivity contribution < 1.29 is 13.5 Å². The fourth-order valence-electron chi connectivity index (χ4n) is 1.89. The summed E-state index contributed by atoms with van der Waals surface area (Å²) in [7, 11) is 1.60. The van der Waals surface area contributed by atoms with E-state index in [1.807, 2.05) is 6.92 Å². The van der Waals surface area contributed by atoms with Crippen molar-refractivity contribution in [2.45, 2.75) is 20.1 Å². The average molecular weight is 272 g/mol. The Morgan fingerprint density at radius 1 is 1.44 bits per heavy atom. The second-order valence-corrected chi connectivity index (χ2v) is 4.36. The van der Waals surface area contributed by atoms with Gasteiger partial charge in [-0.1, -0.05) is 18.5 Å². The lowest BCUT2D eigenvalue weighted by Gasteiger charge is -2.02. The van der Waals surface area contributed by atoms with Gasteiger partial charge in [0.15, 0.2) is 11.4 Å². The Kier molecular flexibility index (Phi) is 4.22. The molecule has 0 atom stereocenters. The van der Waals surface area contributed by atoms with Crippen LogP contribution in [0.5, 0.6) is 0 Å². The van der Waals surface area contributed by atoms with E-state index in [0.717, 1.165) is 12.1 Å². The molecule has 0 aliphatic heterocycles. The zero-order valence-corrected chi connectivity index (χ0v) is 11.1. The maximum Gasteiger partial charge on any atom is 0.184 e. The Hall–Kier alpha value is -1.10. The normalized spacial score (nSPS) is 11.3. The number of fused-ring (bicyclic) bond motifs is 1. The maximum atomic E-state index is 13.9. The third-order valence-electron chi connectivity index (χ3n) is 2.76. The van der Waals surface area contributed by atoms with Gasteiger partial charge < -0.3 is 14.5 Å². The van der Waals surface area contributed by atoms with Gasteiger partial charge in [-0.25, -0.2) is 4.39 Å². The number of hydrogen-bond acceptors (Lipinski definition) is 3. The van der Waals surface area contributed by atoms with E-state index >= 15 is 0 Å². The second kappa shape index (κ2) is 5.69. The summed E-state index contributed by atoms with van der Waals surface area (Å²) < 4.78 is 24.6. The summed E-state index contributed by atoms with van der Waals surface area (Å²) in [5.74, 6) is 0.170. The van der Waals surface area contributed by atoms with Crippen molar-refractivity contribution in [2.24, 2.45) is 0 Å². The maximum absolute atomic E-state index is 13.9. The summed E-state index contributed by atoms with van der Waals surface area (Å²) >= 11 is 5.75. The van der Waals surface area contributed by atoms with E-state index in [9.17, 15) is 4.39 Å². The molecule has 2 rings (SSSR count). The van der Waals surface area contributed by atoms with Crippen LogP contribution >= 0.6 is 11.6 Å². The van der Waals surface area contributed by atoms with Crippen LogP contribution in [0.4, 0.5) is 4.39 Å². The van der Waals surface area contributed by atoms with Crippen LogP contribution in [0.1, 0.15) is 18.2 Å².